The Morgan fingerprint density at radius 2 is 1.65 bits per heavy atom. The Labute approximate surface area is 182 Å². The van der Waals surface area contributed by atoms with Crippen molar-refractivity contribution in [2.45, 2.75) is 18.2 Å². The molecule has 7 heteroatoms. The van der Waals surface area contributed by atoms with Gasteiger partial charge in [0.25, 0.3) is 5.56 Å². The molecule has 0 bridgehead atoms. The number of carbonyl (C=O) groups excluding carboxylic acids is 1. The second-order valence-corrected chi connectivity index (χ2v) is 7.92. The zero-order valence-corrected chi connectivity index (χ0v) is 17.4. The molecule has 1 aromatic heterocycles. The number of para-hydroxylation sites is 1. The highest BCUT2D eigenvalue weighted by atomic mass is 32.2. The molecule has 0 aliphatic carbocycles. The molecule has 1 N–H and O–H groups in total. The highest BCUT2D eigenvalue weighted by Crippen LogP contribution is 2.19. The van der Waals surface area contributed by atoms with E-state index >= 15 is 0 Å². The Bertz CT molecular complexity index is 1260. The number of thioether (sulfide) groups is 1. The summed E-state index contributed by atoms with van der Waals surface area (Å²) in [6.45, 7) is 0.679. The van der Waals surface area contributed by atoms with E-state index in [1.54, 1.807) is 30.3 Å². The summed E-state index contributed by atoms with van der Waals surface area (Å²) in [4.78, 5) is 30.1. The summed E-state index contributed by atoms with van der Waals surface area (Å²) in [5.41, 5.74) is 2.17. The number of fused-ring (bicyclic) bond motifs is 1. The van der Waals surface area contributed by atoms with Gasteiger partial charge in [-0.05, 0) is 35.4 Å². The van der Waals surface area contributed by atoms with Crippen molar-refractivity contribution in [1.29, 1.82) is 0 Å². The Morgan fingerprint density at radius 1 is 0.935 bits per heavy atom. The number of hydrogen-bond donors (Lipinski definition) is 1. The lowest BCUT2D eigenvalue weighted by Crippen LogP contribution is -2.27. The van der Waals surface area contributed by atoms with Gasteiger partial charge in [-0.3, -0.25) is 14.2 Å². The molecule has 156 valence electrons. The summed E-state index contributed by atoms with van der Waals surface area (Å²) in [7, 11) is 0. The summed E-state index contributed by atoms with van der Waals surface area (Å²) in [5, 5.41) is 3.83. The first-order valence-corrected chi connectivity index (χ1v) is 10.8. The lowest BCUT2D eigenvalue weighted by molar-refractivity contribution is -0.118. The SMILES string of the molecule is O=C(CSc1nc2ccccc2c(=O)n1Cc1ccc(F)cc1)NCc1ccccc1. The molecular formula is C24H20FN3O2S. The minimum absolute atomic E-state index is 0.126. The second kappa shape index (κ2) is 9.57. The largest absolute Gasteiger partial charge is 0.351 e. The highest BCUT2D eigenvalue weighted by molar-refractivity contribution is 7.99. The van der Waals surface area contributed by atoms with Crippen LogP contribution in [0.15, 0.2) is 88.8 Å². The Morgan fingerprint density at radius 3 is 2.42 bits per heavy atom. The molecule has 0 aliphatic heterocycles. The van der Waals surface area contributed by atoms with Gasteiger partial charge in [-0.25, -0.2) is 9.37 Å². The molecule has 31 heavy (non-hydrogen) atoms. The van der Waals surface area contributed by atoms with Crippen molar-refractivity contribution in [2.24, 2.45) is 0 Å². The first kappa shape index (κ1) is 20.8. The Balaban J connectivity index is 1.55. The first-order chi connectivity index (χ1) is 15.1. The van der Waals surface area contributed by atoms with Crippen molar-refractivity contribution >= 4 is 28.6 Å². The van der Waals surface area contributed by atoms with Gasteiger partial charge in [0.1, 0.15) is 5.82 Å². The van der Waals surface area contributed by atoms with Crippen molar-refractivity contribution in [2.75, 3.05) is 5.75 Å². The second-order valence-electron chi connectivity index (χ2n) is 6.98. The normalized spacial score (nSPS) is 10.9. The van der Waals surface area contributed by atoms with Gasteiger partial charge in [-0.2, -0.15) is 0 Å². The van der Waals surface area contributed by atoms with Crippen molar-refractivity contribution in [1.82, 2.24) is 14.9 Å². The lowest BCUT2D eigenvalue weighted by Gasteiger charge is -2.13. The minimum atomic E-state index is -0.336. The van der Waals surface area contributed by atoms with Crippen molar-refractivity contribution in [3.8, 4) is 0 Å². The van der Waals surface area contributed by atoms with Crippen LogP contribution in [-0.2, 0) is 17.9 Å². The summed E-state index contributed by atoms with van der Waals surface area (Å²) in [6.07, 6.45) is 0. The molecule has 4 rings (SSSR count). The van der Waals surface area contributed by atoms with Crippen LogP contribution < -0.4 is 10.9 Å². The van der Waals surface area contributed by atoms with Crippen LogP contribution >= 0.6 is 11.8 Å². The summed E-state index contributed by atoms with van der Waals surface area (Å²) < 4.78 is 14.8. The molecule has 0 spiro atoms. The highest BCUT2D eigenvalue weighted by Gasteiger charge is 2.14. The van der Waals surface area contributed by atoms with Gasteiger partial charge >= 0.3 is 0 Å². The molecule has 3 aromatic carbocycles. The van der Waals surface area contributed by atoms with E-state index < -0.39 is 0 Å². The third kappa shape index (κ3) is 5.19. The Kier molecular flexibility index (Phi) is 6.43. The maximum atomic E-state index is 13.3. The zero-order valence-electron chi connectivity index (χ0n) is 16.6. The molecule has 0 saturated carbocycles. The van der Waals surface area contributed by atoms with Crippen LogP contribution in [0.3, 0.4) is 0 Å². The van der Waals surface area contributed by atoms with E-state index in [0.29, 0.717) is 22.6 Å². The molecule has 4 aromatic rings. The van der Waals surface area contributed by atoms with Crippen LogP contribution in [0.2, 0.25) is 0 Å². The number of rotatable bonds is 7. The topological polar surface area (TPSA) is 64.0 Å². The third-order valence-electron chi connectivity index (χ3n) is 4.75. The fourth-order valence-corrected chi connectivity index (χ4v) is 3.98. The first-order valence-electron chi connectivity index (χ1n) is 9.77. The van der Waals surface area contributed by atoms with Crippen LogP contribution in [0.1, 0.15) is 11.1 Å². The van der Waals surface area contributed by atoms with Crippen molar-refractivity contribution < 1.29 is 9.18 Å². The van der Waals surface area contributed by atoms with Gasteiger partial charge < -0.3 is 5.32 Å². The average Bonchev–Trinajstić information content (AvgIpc) is 2.80. The number of nitrogens with one attached hydrogen (secondary N) is 1. The van der Waals surface area contributed by atoms with Gasteiger partial charge in [0, 0.05) is 6.54 Å². The van der Waals surface area contributed by atoms with E-state index in [1.807, 2.05) is 36.4 Å². The lowest BCUT2D eigenvalue weighted by atomic mass is 10.2. The molecule has 0 unspecified atom stereocenters. The molecule has 0 radical (unpaired) electrons. The van der Waals surface area contributed by atoms with Crippen LogP contribution in [-0.4, -0.2) is 21.2 Å². The predicted octanol–water partition coefficient (Wildman–Crippen LogP) is 3.99. The van der Waals surface area contributed by atoms with E-state index in [1.165, 1.54) is 28.5 Å². The fraction of sp³-hybridized carbons (Fsp3) is 0.125. The monoisotopic (exact) mass is 433 g/mol. The number of benzene rings is 3. The Hall–Kier alpha value is -3.45. The average molecular weight is 434 g/mol. The summed E-state index contributed by atoms with van der Waals surface area (Å²) >= 11 is 1.21. The van der Waals surface area contributed by atoms with E-state index in [9.17, 15) is 14.0 Å². The maximum absolute atomic E-state index is 13.3. The van der Waals surface area contributed by atoms with Crippen LogP contribution in [0, 0.1) is 5.82 Å². The molecule has 1 amide bonds. The van der Waals surface area contributed by atoms with Gasteiger partial charge in [0.05, 0.1) is 23.2 Å². The standard InChI is InChI=1S/C24H20FN3O2S/c25-19-12-10-18(11-13-19)15-28-23(30)20-8-4-5-9-21(20)27-24(28)31-16-22(29)26-14-17-6-2-1-3-7-17/h1-13H,14-16H2,(H,26,29). The molecule has 0 saturated heterocycles. The fourth-order valence-electron chi connectivity index (χ4n) is 3.15. The smallest absolute Gasteiger partial charge is 0.262 e. The van der Waals surface area contributed by atoms with Crippen LogP contribution in [0.4, 0.5) is 4.39 Å². The van der Waals surface area contributed by atoms with Crippen LogP contribution in [0.25, 0.3) is 10.9 Å². The number of amides is 1. The molecule has 5 nitrogen and oxygen atoms in total. The van der Waals surface area contributed by atoms with E-state index in [-0.39, 0.29) is 29.6 Å². The van der Waals surface area contributed by atoms with E-state index in [2.05, 4.69) is 10.3 Å². The number of nitrogens with zero attached hydrogens (tertiary/aromatic N) is 2. The third-order valence-corrected chi connectivity index (χ3v) is 5.72. The molecular weight excluding hydrogens is 413 g/mol. The van der Waals surface area contributed by atoms with Gasteiger partial charge in [-0.15, -0.1) is 0 Å². The summed E-state index contributed by atoms with van der Waals surface area (Å²) in [5.74, 6) is -0.358. The minimum Gasteiger partial charge on any atom is -0.351 e. The van der Waals surface area contributed by atoms with E-state index in [0.717, 1.165) is 11.1 Å². The number of aromatic nitrogens is 2. The molecule has 0 aliphatic rings. The number of carbonyl (C=O) groups is 1. The van der Waals surface area contributed by atoms with Crippen molar-refractivity contribution in [3.05, 3.63) is 106 Å². The number of hydrogen-bond acceptors (Lipinski definition) is 4. The molecule has 1 heterocycles. The predicted molar refractivity (Wildman–Crippen MR) is 121 cm³/mol. The maximum Gasteiger partial charge on any atom is 0.262 e. The summed E-state index contributed by atoms with van der Waals surface area (Å²) in [6, 6.07) is 22.8. The van der Waals surface area contributed by atoms with Gasteiger partial charge in [-0.1, -0.05) is 66.4 Å². The van der Waals surface area contributed by atoms with Gasteiger partial charge in [0.15, 0.2) is 5.16 Å². The van der Waals surface area contributed by atoms with E-state index in [4.69, 9.17) is 0 Å². The van der Waals surface area contributed by atoms with Crippen LogP contribution in [0.5, 0.6) is 0 Å². The molecule has 0 atom stereocenters. The van der Waals surface area contributed by atoms with Gasteiger partial charge in [0.2, 0.25) is 5.91 Å². The van der Waals surface area contributed by atoms with Crippen molar-refractivity contribution in [3.63, 3.8) is 0 Å². The number of halogens is 1. The zero-order chi connectivity index (χ0) is 21.6. The molecule has 0 fully saturated rings. The quantitative estimate of drug-likeness (QED) is 0.354.